The molecular weight excluding hydrogens is 367 g/mol. The van der Waals surface area contributed by atoms with Crippen LogP contribution in [0.5, 0.6) is 0 Å². The summed E-state index contributed by atoms with van der Waals surface area (Å²) < 4.78 is 0. The van der Waals surface area contributed by atoms with E-state index in [-0.39, 0.29) is 24.1 Å². The molecule has 1 aromatic rings. The lowest BCUT2D eigenvalue weighted by Crippen LogP contribution is -2.40. The first kappa shape index (κ1) is 19.6. The number of hydrogen-bond donors (Lipinski definition) is 1. The van der Waals surface area contributed by atoms with E-state index in [2.05, 4.69) is 5.32 Å². The van der Waals surface area contributed by atoms with E-state index in [1.165, 1.54) is 18.2 Å². The van der Waals surface area contributed by atoms with Gasteiger partial charge in [0, 0.05) is 35.8 Å². The first-order valence-corrected chi connectivity index (χ1v) is 9.55. The van der Waals surface area contributed by atoms with Crippen LogP contribution in [0.2, 0.25) is 5.02 Å². The van der Waals surface area contributed by atoms with Gasteiger partial charge in [0.1, 0.15) is 0 Å². The van der Waals surface area contributed by atoms with Crippen LogP contribution < -0.4 is 5.32 Å². The molecule has 2 saturated heterocycles. The van der Waals surface area contributed by atoms with Crippen molar-refractivity contribution in [2.45, 2.75) is 31.3 Å². The van der Waals surface area contributed by atoms with Crippen LogP contribution >= 0.6 is 35.8 Å². The Kier molecular flexibility index (Phi) is 7.41. The van der Waals surface area contributed by atoms with Gasteiger partial charge >= 0.3 is 0 Å². The van der Waals surface area contributed by atoms with Crippen LogP contribution in [-0.2, 0) is 4.79 Å². The predicted octanol–water partition coefficient (Wildman–Crippen LogP) is 3.03. The Labute approximate surface area is 158 Å². The number of Topliss-reactive ketones (excluding diaryl/α,β-unsaturated/α-hetero) is 1. The highest BCUT2D eigenvalue weighted by molar-refractivity contribution is 8.00. The lowest BCUT2D eigenvalue weighted by Gasteiger charge is -2.24. The zero-order valence-corrected chi connectivity index (χ0v) is 15.8. The molecule has 1 aromatic carbocycles. The van der Waals surface area contributed by atoms with Crippen LogP contribution in [-0.4, -0.2) is 53.3 Å². The summed E-state index contributed by atoms with van der Waals surface area (Å²) in [6.07, 6.45) is 3.43. The van der Waals surface area contributed by atoms with Crippen LogP contribution in [0, 0.1) is 0 Å². The zero-order valence-electron chi connectivity index (χ0n) is 13.4. The summed E-state index contributed by atoms with van der Waals surface area (Å²) in [6, 6.07) is 7.91. The molecule has 0 aromatic heterocycles. The highest BCUT2D eigenvalue weighted by Crippen LogP contribution is 2.21. The van der Waals surface area contributed by atoms with E-state index < -0.39 is 0 Å². The van der Waals surface area contributed by atoms with Gasteiger partial charge < -0.3 is 10.2 Å². The van der Waals surface area contributed by atoms with E-state index in [1.54, 1.807) is 24.3 Å². The summed E-state index contributed by atoms with van der Waals surface area (Å²) >= 11 is 7.21. The Hall–Kier alpha value is -0.750. The molecule has 2 aliphatic heterocycles. The second-order valence-electron chi connectivity index (χ2n) is 6.19. The van der Waals surface area contributed by atoms with Crippen molar-refractivity contribution in [2.75, 3.05) is 24.6 Å². The molecule has 7 heteroatoms. The van der Waals surface area contributed by atoms with Gasteiger partial charge in [-0.25, -0.2) is 0 Å². The van der Waals surface area contributed by atoms with E-state index in [0.29, 0.717) is 34.2 Å². The van der Waals surface area contributed by atoms with Crippen molar-refractivity contribution in [3.05, 3.63) is 34.9 Å². The Morgan fingerprint density at radius 1 is 1.12 bits per heavy atom. The SMILES string of the molecule is Cl.O=C(CSCC(=O)N1CCC2CCC(C1)N2)c1ccc(Cl)cc1. The summed E-state index contributed by atoms with van der Waals surface area (Å²) in [7, 11) is 0. The molecule has 3 rings (SSSR count). The Morgan fingerprint density at radius 2 is 1.83 bits per heavy atom. The smallest absolute Gasteiger partial charge is 0.232 e. The monoisotopic (exact) mass is 388 g/mol. The minimum Gasteiger partial charge on any atom is -0.340 e. The number of nitrogens with zero attached hydrogens (tertiary/aromatic N) is 1. The van der Waals surface area contributed by atoms with Crippen molar-refractivity contribution < 1.29 is 9.59 Å². The molecule has 0 radical (unpaired) electrons. The maximum atomic E-state index is 12.3. The molecule has 0 aliphatic carbocycles. The van der Waals surface area contributed by atoms with Gasteiger partial charge in [-0.05, 0) is 43.5 Å². The first-order chi connectivity index (χ1) is 11.1. The molecule has 2 heterocycles. The van der Waals surface area contributed by atoms with Gasteiger partial charge in [0.25, 0.3) is 0 Å². The molecule has 0 saturated carbocycles. The zero-order chi connectivity index (χ0) is 16.2. The number of likely N-dealkylation sites (tertiary alicyclic amines) is 1. The Morgan fingerprint density at radius 3 is 2.58 bits per heavy atom. The van der Waals surface area contributed by atoms with E-state index in [1.807, 2.05) is 4.90 Å². The number of rotatable bonds is 5. The molecule has 2 fully saturated rings. The topological polar surface area (TPSA) is 49.4 Å². The Bertz CT molecular complexity index is 582. The van der Waals surface area contributed by atoms with Crippen LogP contribution in [0.3, 0.4) is 0 Å². The third kappa shape index (κ3) is 5.12. The number of amides is 1. The van der Waals surface area contributed by atoms with E-state index in [4.69, 9.17) is 11.6 Å². The lowest BCUT2D eigenvalue weighted by molar-refractivity contribution is -0.128. The summed E-state index contributed by atoms with van der Waals surface area (Å²) in [5.41, 5.74) is 0.644. The fourth-order valence-corrected chi connectivity index (χ4v) is 4.15. The first-order valence-electron chi connectivity index (χ1n) is 8.02. The third-order valence-electron chi connectivity index (χ3n) is 4.50. The van der Waals surface area contributed by atoms with Gasteiger partial charge in [-0.2, -0.15) is 0 Å². The fourth-order valence-electron chi connectivity index (χ4n) is 3.21. The van der Waals surface area contributed by atoms with Gasteiger partial charge in [0.15, 0.2) is 5.78 Å². The number of halogens is 2. The summed E-state index contributed by atoms with van der Waals surface area (Å²) in [5.74, 6) is 0.881. The molecular formula is C17H22Cl2N2O2S. The minimum atomic E-state index is 0. The van der Waals surface area contributed by atoms with Crippen LogP contribution in [0.25, 0.3) is 0 Å². The van der Waals surface area contributed by atoms with Gasteiger partial charge in [-0.1, -0.05) is 11.6 Å². The van der Waals surface area contributed by atoms with Crippen molar-refractivity contribution in [3.63, 3.8) is 0 Å². The van der Waals surface area contributed by atoms with Crippen LogP contribution in [0.1, 0.15) is 29.6 Å². The fraction of sp³-hybridized carbons (Fsp3) is 0.529. The number of hydrogen-bond acceptors (Lipinski definition) is 4. The van der Waals surface area contributed by atoms with Gasteiger partial charge in [-0.3, -0.25) is 9.59 Å². The van der Waals surface area contributed by atoms with Crippen molar-refractivity contribution >= 4 is 47.5 Å². The number of carbonyl (C=O) groups excluding carboxylic acids is 2. The molecule has 132 valence electrons. The molecule has 4 nitrogen and oxygen atoms in total. The number of carbonyl (C=O) groups is 2. The molecule has 2 bridgehead atoms. The normalized spacial score (nSPS) is 22.6. The van der Waals surface area contributed by atoms with Crippen molar-refractivity contribution in [1.29, 1.82) is 0 Å². The number of fused-ring (bicyclic) bond motifs is 2. The maximum Gasteiger partial charge on any atom is 0.232 e. The second kappa shape index (κ2) is 9.09. The molecule has 1 amide bonds. The number of ketones is 1. The van der Waals surface area contributed by atoms with E-state index in [0.717, 1.165) is 25.9 Å². The molecule has 2 atom stereocenters. The van der Waals surface area contributed by atoms with Crippen molar-refractivity contribution in [1.82, 2.24) is 10.2 Å². The van der Waals surface area contributed by atoms with Gasteiger partial charge in [-0.15, -0.1) is 24.2 Å². The quantitative estimate of drug-likeness (QED) is 0.787. The second-order valence-corrected chi connectivity index (χ2v) is 7.61. The minimum absolute atomic E-state index is 0. The molecule has 2 unspecified atom stereocenters. The average molecular weight is 389 g/mol. The number of thioether (sulfide) groups is 1. The molecule has 2 aliphatic rings. The van der Waals surface area contributed by atoms with Crippen LogP contribution in [0.15, 0.2) is 24.3 Å². The van der Waals surface area contributed by atoms with Gasteiger partial charge in [0.05, 0.1) is 11.5 Å². The van der Waals surface area contributed by atoms with Crippen molar-refractivity contribution in [3.8, 4) is 0 Å². The van der Waals surface area contributed by atoms with Gasteiger partial charge in [0.2, 0.25) is 5.91 Å². The molecule has 24 heavy (non-hydrogen) atoms. The maximum absolute atomic E-state index is 12.3. The van der Waals surface area contributed by atoms with Crippen LogP contribution in [0.4, 0.5) is 0 Å². The largest absolute Gasteiger partial charge is 0.340 e. The average Bonchev–Trinajstić information content (AvgIpc) is 2.86. The summed E-state index contributed by atoms with van der Waals surface area (Å²) in [5, 5.41) is 4.19. The highest BCUT2D eigenvalue weighted by atomic mass is 35.5. The lowest BCUT2D eigenvalue weighted by atomic mass is 10.1. The standard InChI is InChI=1S/C17H21ClN2O2S.ClH/c18-13-3-1-12(2-4-13)16(21)10-23-11-17(22)20-8-7-14-5-6-15(9-20)19-14;/h1-4,14-15,19H,5-11H2;1H. The molecule has 0 spiro atoms. The van der Waals surface area contributed by atoms with E-state index >= 15 is 0 Å². The highest BCUT2D eigenvalue weighted by Gasteiger charge is 2.30. The van der Waals surface area contributed by atoms with E-state index in [9.17, 15) is 9.59 Å². The summed E-state index contributed by atoms with van der Waals surface area (Å²) in [4.78, 5) is 26.4. The Balaban J connectivity index is 0.00000208. The summed E-state index contributed by atoms with van der Waals surface area (Å²) in [6.45, 7) is 1.64. The molecule has 1 N–H and O–H groups in total. The number of benzene rings is 1. The van der Waals surface area contributed by atoms with Crippen molar-refractivity contribution in [2.24, 2.45) is 0 Å². The third-order valence-corrected chi connectivity index (χ3v) is 5.67. The predicted molar refractivity (Wildman–Crippen MR) is 101 cm³/mol. The number of nitrogens with one attached hydrogen (secondary N) is 1.